The molecule has 0 radical (unpaired) electrons. The molecule has 30 heavy (non-hydrogen) atoms. The molecular formula is C23H27FN2O4. The Labute approximate surface area is 176 Å². The molecule has 0 saturated carbocycles. The predicted octanol–water partition coefficient (Wildman–Crippen LogP) is 3.98. The zero-order valence-corrected chi connectivity index (χ0v) is 17.6. The molecule has 0 saturated heterocycles. The maximum atomic E-state index is 13.1. The average molecular weight is 414 g/mol. The molecule has 0 aliphatic rings. The molecule has 1 N–H and O–H groups in total. The quantitative estimate of drug-likeness (QED) is 0.222. The van der Waals surface area contributed by atoms with Crippen LogP contribution in [0.1, 0.15) is 30.5 Å². The first-order valence-electron chi connectivity index (χ1n) is 9.56. The highest BCUT2D eigenvalue weighted by Crippen LogP contribution is 2.28. The van der Waals surface area contributed by atoms with Crippen LogP contribution in [0, 0.1) is 18.7 Å². The van der Waals surface area contributed by atoms with Crippen molar-refractivity contribution in [1.82, 2.24) is 9.96 Å². The summed E-state index contributed by atoms with van der Waals surface area (Å²) in [5.74, 6) is -1.22. The SMILES string of the molecule is Cc1ccc(/C(=C(/C(=O)N(C)O)C(C)C)N(C=O)COCc2ccc(F)cc2)cc1. The van der Waals surface area contributed by atoms with Gasteiger partial charge in [0.05, 0.1) is 12.3 Å². The third-order valence-corrected chi connectivity index (χ3v) is 4.51. The fourth-order valence-corrected chi connectivity index (χ4v) is 2.97. The van der Waals surface area contributed by atoms with E-state index in [1.54, 1.807) is 12.1 Å². The molecule has 160 valence electrons. The number of hydroxylamine groups is 2. The summed E-state index contributed by atoms with van der Waals surface area (Å²) in [4.78, 5) is 26.0. The lowest BCUT2D eigenvalue weighted by atomic mass is 9.95. The highest BCUT2D eigenvalue weighted by Gasteiger charge is 2.26. The van der Waals surface area contributed by atoms with Crippen LogP contribution in [-0.2, 0) is 20.9 Å². The first-order chi connectivity index (χ1) is 14.2. The van der Waals surface area contributed by atoms with Gasteiger partial charge in [0.2, 0.25) is 6.41 Å². The van der Waals surface area contributed by atoms with Gasteiger partial charge in [-0.05, 0) is 36.1 Å². The average Bonchev–Trinajstić information content (AvgIpc) is 2.71. The van der Waals surface area contributed by atoms with Crippen LogP contribution in [0.4, 0.5) is 4.39 Å². The maximum Gasteiger partial charge on any atom is 0.275 e. The second-order valence-electron chi connectivity index (χ2n) is 7.29. The molecule has 0 aliphatic heterocycles. The number of ether oxygens (including phenoxy) is 1. The van der Waals surface area contributed by atoms with Gasteiger partial charge in [-0.15, -0.1) is 0 Å². The number of aryl methyl sites for hydroxylation is 1. The summed E-state index contributed by atoms with van der Waals surface area (Å²) in [6.07, 6.45) is 0.590. The number of rotatable bonds is 9. The monoisotopic (exact) mass is 414 g/mol. The Morgan fingerprint density at radius 2 is 1.73 bits per heavy atom. The molecule has 0 bridgehead atoms. The van der Waals surface area contributed by atoms with E-state index in [0.29, 0.717) is 22.7 Å². The lowest BCUT2D eigenvalue weighted by Gasteiger charge is -2.27. The largest absolute Gasteiger partial charge is 0.356 e. The molecule has 0 atom stereocenters. The minimum Gasteiger partial charge on any atom is -0.356 e. The van der Waals surface area contributed by atoms with Gasteiger partial charge in [0, 0.05) is 12.6 Å². The van der Waals surface area contributed by atoms with Gasteiger partial charge in [0.1, 0.15) is 12.5 Å². The van der Waals surface area contributed by atoms with Gasteiger partial charge in [-0.25, -0.2) is 9.45 Å². The lowest BCUT2D eigenvalue weighted by Crippen LogP contribution is -2.32. The van der Waals surface area contributed by atoms with Crippen molar-refractivity contribution >= 4 is 18.0 Å². The summed E-state index contributed by atoms with van der Waals surface area (Å²) in [6.45, 7) is 5.60. The molecule has 7 heteroatoms. The number of carbonyl (C=O) groups excluding carboxylic acids is 2. The van der Waals surface area contributed by atoms with Crippen molar-refractivity contribution in [2.24, 2.45) is 5.92 Å². The van der Waals surface area contributed by atoms with Crippen molar-refractivity contribution in [3.8, 4) is 0 Å². The van der Waals surface area contributed by atoms with Gasteiger partial charge in [-0.1, -0.05) is 55.8 Å². The van der Waals surface area contributed by atoms with Crippen LogP contribution in [-0.4, -0.2) is 41.3 Å². The Bertz CT molecular complexity index is 890. The first kappa shape index (κ1) is 23.3. The van der Waals surface area contributed by atoms with Crippen LogP contribution in [0.25, 0.3) is 5.70 Å². The van der Waals surface area contributed by atoms with E-state index < -0.39 is 5.91 Å². The van der Waals surface area contributed by atoms with Gasteiger partial charge in [-0.2, -0.15) is 0 Å². The first-order valence-corrected chi connectivity index (χ1v) is 9.56. The van der Waals surface area contributed by atoms with Crippen molar-refractivity contribution in [2.45, 2.75) is 27.4 Å². The van der Waals surface area contributed by atoms with Gasteiger partial charge in [0.15, 0.2) is 0 Å². The zero-order valence-electron chi connectivity index (χ0n) is 17.6. The molecule has 2 aromatic rings. The molecular weight excluding hydrogens is 387 g/mol. The normalized spacial score (nSPS) is 11.8. The topological polar surface area (TPSA) is 70.1 Å². The van der Waals surface area contributed by atoms with E-state index >= 15 is 0 Å². The molecule has 6 nitrogen and oxygen atoms in total. The molecule has 2 rings (SSSR count). The van der Waals surface area contributed by atoms with Crippen molar-refractivity contribution in [3.05, 3.63) is 76.6 Å². The number of amides is 2. The number of hydrogen-bond donors (Lipinski definition) is 1. The minimum atomic E-state index is -0.606. The minimum absolute atomic E-state index is 0.122. The van der Waals surface area contributed by atoms with Crippen molar-refractivity contribution in [3.63, 3.8) is 0 Å². The van der Waals surface area contributed by atoms with E-state index in [2.05, 4.69) is 0 Å². The fourth-order valence-electron chi connectivity index (χ4n) is 2.97. The number of likely N-dealkylation sites (N-methyl/N-ethyl adjacent to an activating group) is 1. The predicted molar refractivity (Wildman–Crippen MR) is 111 cm³/mol. The molecule has 0 fully saturated rings. The molecule has 0 aromatic heterocycles. The summed E-state index contributed by atoms with van der Waals surface area (Å²) in [5.41, 5.74) is 3.07. The van der Waals surface area contributed by atoms with Crippen LogP contribution in [0.5, 0.6) is 0 Å². The Balaban J connectivity index is 2.40. The highest BCUT2D eigenvalue weighted by molar-refractivity contribution is 6.01. The van der Waals surface area contributed by atoms with E-state index in [9.17, 15) is 19.2 Å². The van der Waals surface area contributed by atoms with Gasteiger partial charge < -0.3 is 4.74 Å². The zero-order chi connectivity index (χ0) is 22.3. The molecule has 0 unspecified atom stereocenters. The van der Waals surface area contributed by atoms with Gasteiger partial charge in [0.25, 0.3) is 5.91 Å². The Hall–Kier alpha value is -3.03. The summed E-state index contributed by atoms with van der Waals surface area (Å²) in [6, 6.07) is 13.2. The number of benzene rings is 2. The highest BCUT2D eigenvalue weighted by atomic mass is 19.1. The van der Waals surface area contributed by atoms with Crippen LogP contribution in [0.2, 0.25) is 0 Å². The van der Waals surface area contributed by atoms with Gasteiger partial charge in [-0.3, -0.25) is 19.7 Å². The number of hydrogen-bond acceptors (Lipinski definition) is 4. The van der Waals surface area contributed by atoms with Crippen molar-refractivity contribution < 1.29 is 23.9 Å². The van der Waals surface area contributed by atoms with Crippen LogP contribution >= 0.6 is 0 Å². The number of carbonyl (C=O) groups is 2. The van der Waals surface area contributed by atoms with E-state index in [1.165, 1.54) is 24.1 Å². The molecule has 2 amide bonds. The van der Waals surface area contributed by atoms with Crippen LogP contribution in [0.15, 0.2) is 54.1 Å². The number of halogens is 1. The summed E-state index contributed by atoms with van der Waals surface area (Å²) in [5, 5.41) is 10.3. The van der Waals surface area contributed by atoms with E-state index in [4.69, 9.17) is 4.74 Å². The molecule has 0 spiro atoms. The second kappa shape index (κ2) is 10.7. The lowest BCUT2D eigenvalue weighted by molar-refractivity contribution is -0.155. The van der Waals surface area contributed by atoms with Crippen molar-refractivity contribution in [1.29, 1.82) is 0 Å². The van der Waals surface area contributed by atoms with E-state index in [-0.39, 0.29) is 30.6 Å². The molecule has 0 aliphatic carbocycles. The maximum absolute atomic E-state index is 13.1. The Morgan fingerprint density at radius 1 is 1.13 bits per heavy atom. The number of nitrogens with zero attached hydrogens (tertiary/aromatic N) is 2. The second-order valence-corrected chi connectivity index (χ2v) is 7.29. The summed E-state index contributed by atoms with van der Waals surface area (Å²) < 4.78 is 18.7. The summed E-state index contributed by atoms with van der Waals surface area (Å²) >= 11 is 0. The van der Waals surface area contributed by atoms with Crippen LogP contribution < -0.4 is 0 Å². The smallest absolute Gasteiger partial charge is 0.275 e. The third kappa shape index (κ3) is 5.98. The fraction of sp³-hybridized carbons (Fsp3) is 0.304. The summed E-state index contributed by atoms with van der Waals surface area (Å²) in [7, 11) is 1.24. The Morgan fingerprint density at radius 3 is 2.23 bits per heavy atom. The van der Waals surface area contributed by atoms with E-state index in [1.807, 2.05) is 45.0 Å². The standard InChI is InChI=1S/C23H27FN2O4/c1-16(2)21(23(28)25(4)29)22(19-9-5-17(3)6-10-19)26(14-27)15-30-13-18-7-11-20(24)12-8-18/h5-12,14,16,29H,13,15H2,1-4H3/b22-21-. The Kier molecular flexibility index (Phi) is 8.26. The van der Waals surface area contributed by atoms with E-state index in [0.717, 1.165) is 11.1 Å². The van der Waals surface area contributed by atoms with Crippen molar-refractivity contribution in [2.75, 3.05) is 13.8 Å². The third-order valence-electron chi connectivity index (χ3n) is 4.51. The molecule has 0 heterocycles. The van der Waals surface area contributed by atoms with Gasteiger partial charge >= 0.3 is 0 Å². The molecule has 2 aromatic carbocycles. The van der Waals surface area contributed by atoms with Crippen LogP contribution in [0.3, 0.4) is 0 Å².